The molecule has 0 N–H and O–H groups in total. The predicted molar refractivity (Wildman–Crippen MR) is 180 cm³/mol. The minimum Gasteiger partial charge on any atom is -0.192 e. The van der Waals surface area contributed by atoms with Gasteiger partial charge in [-0.15, -0.1) is 34.0 Å². The Hall–Kier alpha value is -3.20. The smallest absolute Gasteiger partial charge is 0.146 e. The fourth-order valence-electron chi connectivity index (χ4n) is 5.29. The van der Waals surface area contributed by atoms with E-state index in [0.717, 1.165) is 47.6 Å². The van der Waals surface area contributed by atoms with Gasteiger partial charge in [0.25, 0.3) is 0 Å². The topological polar surface area (TPSA) is 95.2 Å². The maximum absolute atomic E-state index is 9.65. The summed E-state index contributed by atoms with van der Waals surface area (Å²) in [5.41, 5.74) is 4.14. The van der Waals surface area contributed by atoms with Gasteiger partial charge in [0.15, 0.2) is 0 Å². The van der Waals surface area contributed by atoms with Gasteiger partial charge in [-0.05, 0) is 73.4 Å². The molecule has 0 aromatic carbocycles. The number of hydrogen-bond acceptors (Lipinski definition) is 7. The Balaban J connectivity index is 2.41. The molecule has 3 aromatic rings. The average Bonchev–Trinajstić information content (AvgIpc) is 3.74. The highest BCUT2D eigenvalue weighted by Gasteiger charge is 2.11. The van der Waals surface area contributed by atoms with Crippen molar-refractivity contribution >= 4 is 45.2 Å². The molecule has 0 fully saturated rings. The lowest BCUT2D eigenvalue weighted by atomic mass is 10.1. The second-order valence-electron chi connectivity index (χ2n) is 11.0. The van der Waals surface area contributed by atoms with Crippen LogP contribution in [0.3, 0.4) is 0 Å². The van der Waals surface area contributed by atoms with E-state index in [4.69, 9.17) is 0 Å². The molecule has 0 atom stereocenters. The summed E-state index contributed by atoms with van der Waals surface area (Å²) in [5.74, 6) is 0. The van der Waals surface area contributed by atoms with Gasteiger partial charge in [0.1, 0.15) is 35.4 Å². The number of aryl methyl sites for hydroxylation is 3. The Kier molecular flexibility index (Phi) is 14.7. The van der Waals surface area contributed by atoms with Crippen molar-refractivity contribution in [3.05, 3.63) is 62.1 Å². The summed E-state index contributed by atoms with van der Waals surface area (Å²) in [6.45, 7) is 6.66. The third-order valence-electron chi connectivity index (χ3n) is 7.70. The molecule has 7 heteroatoms. The highest BCUT2D eigenvalue weighted by Crippen LogP contribution is 2.25. The number of nitriles is 4. The van der Waals surface area contributed by atoms with E-state index < -0.39 is 0 Å². The molecule has 0 bridgehead atoms. The Labute approximate surface area is 268 Å². The van der Waals surface area contributed by atoms with Gasteiger partial charge in [-0.3, -0.25) is 0 Å². The molecule has 4 nitrogen and oxygen atoms in total. The van der Waals surface area contributed by atoms with Crippen LogP contribution in [-0.2, 0) is 19.3 Å². The Morgan fingerprint density at radius 2 is 0.860 bits per heavy atom. The van der Waals surface area contributed by atoms with E-state index in [9.17, 15) is 21.0 Å². The van der Waals surface area contributed by atoms with Crippen molar-refractivity contribution < 1.29 is 0 Å². The van der Waals surface area contributed by atoms with Crippen LogP contribution in [0, 0.1) is 63.5 Å². The van der Waals surface area contributed by atoms with Gasteiger partial charge < -0.3 is 0 Å². The number of hydrogen-bond donors (Lipinski definition) is 0. The molecule has 3 aromatic heterocycles. The van der Waals surface area contributed by atoms with Crippen LogP contribution in [-0.4, -0.2) is 0 Å². The van der Waals surface area contributed by atoms with Crippen LogP contribution in [0.2, 0.25) is 0 Å². The maximum atomic E-state index is 9.65. The second-order valence-corrected chi connectivity index (χ2v) is 14.2. The van der Waals surface area contributed by atoms with E-state index >= 15 is 0 Å². The lowest BCUT2D eigenvalue weighted by Gasteiger charge is -2.00. The molecule has 224 valence electrons. The van der Waals surface area contributed by atoms with E-state index in [-0.39, 0.29) is 11.1 Å². The van der Waals surface area contributed by atoms with Crippen molar-refractivity contribution in [2.75, 3.05) is 0 Å². The first-order valence-electron chi connectivity index (χ1n) is 15.8. The third kappa shape index (κ3) is 9.39. The summed E-state index contributed by atoms with van der Waals surface area (Å²) in [6, 6.07) is 14.9. The lowest BCUT2D eigenvalue weighted by Crippen LogP contribution is -1.95. The molecule has 0 aliphatic rings. The maximum Gasteiger partial charge on any atom is 0.146 e. The van der Waals surface area contributed by atoms with Crippen LogP contribution in [0.25, 0.3) is 11.1 Å². The van der Waals surface area contributed by atoms with Crippen molar-refractivity contribution in [1.82, 2.24) is 0 Å². The summed E-state index contributed by atoms with van der Waals surface area (Å²) in [7, 11) is 0. The molecule has 43 heavy (non-hydrogen) atoms. The quantitative estimate of drug-likeness (QED) is 0.157. The van der Waals surface area contributed by atoms with Gasteiger partial charge in [-0.25, -0.2) is 0 Å². The van der Waals surface area contributed by atoms with Crippen LogP contribution in [0.15, 0.2) is 18.2 Å². The van der Waals surface area contributed by atoms with Crippen LogP contribution < -0.4 is 9.06 Å². The molecule has 0 spiro atoms. The zero-order valence-corrected chi connectivity index (χ0v) is 28.3. The molecule has 0 unspecified atom stereocenters. The van der Waals surface area contributed by atoms with Gasteiger partial charge in [0, 0.05) is 18.1 Å². The van der Waals surface area contributed by atoms with Crippen molar-refractivity contribution in [1.29, 1.82) is 21.0 Å². The van der Waals surface area contributed by atoms with E-state index in [1.165, 1.54) is 92.6 Å². The average molecular weight is 627 g/mol. The van der Waals surface area contributed by atoms with E-state index in [1.807, 2.05) is 0 Å². The van der Waals surface area contributed by atoms with Crippen LogP contribution in [0.5, 0.6) is 0 Å². The number of unbranched alkanes of at least 4 members (excludes halogenated alkanes) is 9. The van der Waals surface area contributed by atoms with Crippen molar-refractivity contribution in [2.24, 2.45) is 0 Å². The zero-order valence-electron chi connectivity index (χ0n) is 25.9. The molecule has 3 rings (SSSR count). The molecule has 0 aliphatic carbocycles. The summed E-state index contributed by atoms with van der Waals surface area (Å²) < 4.78 is 6.31. The predicted octanol–water partition coefficient (Wildman–Crippen LogP) is 9.21. The van der Waals surface area contributed by atoms with Crippen molar-refractivity contribution in [3.63, 3.8) is 0 Å². The number of rotatable bonds is 15. The normalized spacial score (nSPS) is 12.3. The molecule has 0 saturated carbocycles. The second kappa shape index (κ2) is 18.5. The van der Waals surface area contributed by atoms with Crippen LogP contribution >= 0.6 is 34.0 Å². The Morgan fingerprint density at radius 3 is 1.28 bits per heavy atom. The van der Waals surface area contributed by atoms with Crippen molar-refractivity contribution in [2.45, 2.75) is 117 Å². The molecule has 0 amide bonds. The Morgan fingerprint density at radius 1 is 0.488 bits per heavy atom. The fraction of sp³-hybridized carbons (Fsp3) is 0.500. The standard InChI is InChI=1S/C36H42N4S3/c1-4-7-10-13-16-26-19-31(29(22-37)23-38)41-34(26)33-21-28(18-15-12-9-6-3)36(43-33)35-27(17-14-11-8-5-2)20-32(42-35)30(24-39)25-40/h19-21H,4-18H2,1-3H3/b34-33+,36-35+. The van der Waals surface area contributed by atoms with Gasteiger partial charge in [0.05, 0.1) is 9.06 Å². The zero-order chi connectivity index (χ0) is 31.0. The lowest BCUT2D eigenvalue weighted by molar-refractivity contribution is 0.665. The van der Waals surface area contributed by atoms with Crippen LogP contribution in [0.1, 0.15) is 115 Å². The SMILES string of the molecule is CCCCCCc1cc(=C(C#N)C#N)s/c1=c1\cc(CCCCCC)/c(=c2\sc(=C(C#N)C#N)cc2CCCCCC)s1. The van der Waals surface area contributed by atoms with Crippen molar-refractivity contribution in [3.8, 4) is 24.3 Å². The van der Waals surface area contributed by atoms with Gasteiger partial charge in [-0.2, -0.15) is 21.0 Å². The first-order valence-corrected chi connectivity index (χ1v) is 18.2. The summed E-state index contributed by atoms with van der Waals surface area (Å²) >= 11 is 4.94. The summed E-state index contributed by atoms with van der Waals surface area (Å²) in [4.78, 5) is 0. The number of nitrogens with zero attached hydrogens (tertiary/aromatic N) is 4. The first kappa shape index (κ1) is 34.3. The fourth-order valence-corrected chi connectivity index (χ4v) is 9.15. The monoisotopic (exact) mass is 626 g/mol. The van der Waals surface area contributed by atoms with E-state index in [1.54, 1.807) is 34.0 Å². The summed E-state index contributed by atoms with van der Waals surface area (Å²) in [6.07, 6.45) is 16.9. The Bertz CT molecular complexity index is 1810. The largest absolute Gasteiger partial charge is 0.192 e. The van der Waals surface area contributed by atoms with Gasteiger partial charge in [-0.1, -0.05) is 78.6 Å². The molecule has 0 saturated heterocycles. The van der Waals surface area contributed by atoms with E-state index in [2.05, 4.69) is 63.2 Å². The van der Waals surface area contributed by atoms with Gasteiger partial charge in [0.2, 0.25) is 0 Å². The minimum atomic E-state index is 0.177. The third-order valence-corrected chi connectivity index (χ3v) is 11.6. The summed E-state index contributed by atoms with van der Waals surface area (Å²) in [5, 5.41) is 38.5. The molecular formula is C36H42N4S3. The molecule has 0 aliphatic heterocycles. The highest BCUT2D eigenvalue weighted by atomic mass is 32.1. The molecule has 0 radical (unpaired) electrons. The number of thiophene rings is 3. The highest BCUT2D eigenvalue weighted by molar-refractivity contribution is 7.13. The van der Waals surface area contributed by atoms with Crippen LogP contribution in [0.4, 0.5) is 0 Å². The van der Waals surface area contributed by atoms with Gasteiger partial charge >= 0.3 is 0 Å². The molecular weight excluding hydrogens is 585 g/mol. The van der Waals surface area contributed by atoms with E-state index in [0.29, 0.717) is 0 Å². The minimum absolute atomic E-state index is 0.177. The first-order chi connectivity index (χ1) is 21.0. The molecule has 3 heterocycles.